The molecule has 0 radical (unpaired) electrons. The van der Waals surface area contributed by atoms with Gasteiger partial charge >= 0.3 is 0 Å². The molecule has 7 N–H and O–H groups in total. The van der Waals surface area contributed by atoms with Crippen molar-refractivity contribution >= 4 is 6.29 Å². The summed E-state index contributed by atoms with van der Waals surface area (Å²) in [7, 11) is 0. The van der Waals surface area contributed by atoms with Gasteiger partial charge in [0.05, 0.1) is 13.2 Å². The maximum atomic E-state index is 11.3. The van der Waals surface area contributed by atoms with Crippen LogP contribution in [0.1, 0.15) is 0 Å². The van der Waals surface area contributed by atoms with Crippen molar-refractivity contribution in [2.75, 3.05) is 13.2 Å². The third kappa shape index (κ3) is 3.13. The van der Waals surface area contributed by atoms with Crippen molar-refractivity contribution in [3.63, 3.8) is 0 Å². The van der Waals surface area contributed by atoms with Gasteiger partial charge in [-0.3, -0.25) is 4.79 Å². The van der Waals surface area contributed by atoms with E-state index >= 15 is 0 Å². The van der Waals surface area contributed by atoms with E-state index in [-0.39, 0.29) is 6.29 Å². The topological polar surface area (TPSA) is 186 Å². The van der Waals surface area contributed by atoms with Crippen molar-refractivity contribution in [1.29, 1.82) is 0 Å². The van der Waals surface area contributed by atoms with Crippen LogP contribution in [-0.2, 0) is 19.0 Å². The number of carbonyl (C=O) groups excluding carboxylic acids is 1. The monoisotopic (exact) mass is 340 g/mol. The van der Waals surface area contributed by atoms with Crippen LogP contribution < -0.4 is 0 Å². The lowest BCUT2D eigenvalue weighted by Gasteiger charge is -2.42. The molecular formula is C12H20O11. The number of aliphatic hydroxyl groups excluding tert-OH is 7. The third-order valence-electron chi connectivity index (χ3n) is 3.95. The third-order valence-corrected chi connectivity index (χ3v) is 3.95. The average molecular weight is 340 g/mol. The quantitative estimate of drug-likeness (QED) is 0.237. The molecule has 0 amide bonds. The molecule has 9 atom stereocenters. The average Bonchev–Trinajstić information content (AvgIpc) is 2.80. The van der Waals surface area contributed by atoms with E-state index in [4.69, 9.17) is 24.4 Å². The van der Waals surface area contributed by atoms with Crippen LogP contribution >= 0.6 is 0 Å². The van der Waals surface area contributed by atoms with Gasteiger partial charge in [0.2, 0.25) is 0 Å². The second-order valence-electron chi connectivity index (χ2n) is 5.43. The molecule has 9 unspecified atom stereocenters. The first kappa shape index (κ1) is 18.6. The Morgan fingerprint density at radius 3 is 2.00 bits per heavy atom. The van der Waals surface area contributed by atoms with Gasteiger partial charge in [0, 0.05) is 0 Å². The zero-order valence-corrected chi connectivity index (χ0v) is 11.9. The molecule has 2 aliphatic heterocycles. The van der Waals surface area contributed by atoms with Gasteiger partial charge in [-0.25, -0.2) is 0 Å². The number of ether oxygens (including phenoxy) is 3. The maximum Gasteiger partial charge on any atom is 0.258 e. The summed E-state index contributed by atoms with van der Waals surface area (Å²) in [6, 6.07) is 0. The van der Waals surface area contributed by atoms with E-state index in [1.54, 1.807) is 0 Å². The van der Waals surface area contributed by atoms with Crippen molar-refractivity contribution in [1.82, 2.24) is 0 Å². The van der Waals surface area contributed by atoms with E-state index in [0.717, 1.165) is 0 Å². The molecule has 11 heteroatoms. The highest BCUT2D eigenvalue weighted by Gasteiger charge is 2.58. The van der Waals surface area contributed by atoms with E-state index in [9.17, 15) is 30.3 Å². The van der Waals surface area contributed by atoms with Crippen molar-refractivity contribution in [2.24, 2.45) is 0 Å². The highest BCUT2D eigenvalue weighted by molar-refractivity contribution is 5.62. The molecule has 0 aromatic heterocycles. The second-order valence-corrected chi connectivity index (χ2v) is 5.43. The Hall–Kier alpha value is -0.730. The molecule has 0 aromatic carbocycles. The lowest BCUT2D eigenvalue weighted by Crippen LogP contribution is -2.62. The van der Waals surface area contributed by atoms with E-state index in [2.05, 4.69) is 0 Å². The van der Waals surface area contributed by atoms with Gasteiger partial charge in [-0.05, 0) is 0 Å². The fourth-order valence-electron chi connectivity index (χ4n) is 2.53. The van der Waals surface area contributed by atoms with Crippen molar-refractivity contribution < 1.29 is 54.8 Å². The van der Waals surface area contributed by atoms with Crippen LogP contribution in [0.5, 0.6) is 0 Å². The van der Waals surface area contributed by atoms with E-state index in [1.165, 1.54) is 0 Å². The van der Waals surface area contributed by atoms with Gasteiger partial charge in [-0.2, -0.15) is 0 Å². The number of aliphatic hydroxyl groups is 7. The second kappa shape index (κ2) is 7.03. The van der Waals surface area contributed by atoms with Gasteiger partial charge in [0.25, 0.3) is 5.79 Å². The standard InChI is InChI=1S/C12H20O11/c13-1-4-6(16)8(18)9(19)11(21-4)23-12(3-15)10(20)7(17)5(2-14)22-12/h3-11,13-14,16-20H,1-2H2. The Balaban J connectivity index is 2.19. The molecule has 2 aliphatic rings. The van der Waals surface area contributed by atoms with E-state index in [1.807, 2.05) is 0 Å². The largest absolute Gasteiger partial charge is 0.394 e. The number of carbonyl (C=O) groups is 1. The summed E-state index contributed by atoms with van der Waals surface area (Å²) in [5.41, 5.74) is 0. The first-order chi connectivity index (χ1) is 10.8. The molecular weight excluding hydrogens is 320 g/mol. The molecule has 23 heavy (non-hydrogen) atoms. The fraction of sp³-hybridized carbons (Fsp3) is 0.917. The number of hydrogen-bond acceptors (Lipinski definition) is 11. The van der Waals surface area contributed by atoms with Crippen LogP contribution in [0.15, 0.2) is 0 Å². The molecule has 2 fully saturated rings. The highest BCUT2D eigenvalue weighted by atomic mass is 16.8. The summed E-state index contributed by atoms with van der Waals surface area (Å²) >= 11 is 0. The van der Waals surface area contributed by atoms with Crippen LogP contribution in [0.3, 0.4) is 0 Å². The molecule has 2 rings (SSSR count). The minimum absolute atomic E-state index is 0.0119. The molecule has 11 nitrogen and oxygen atoms in total. The minimum atomic E-state index is -2.46. The highest BCUT2D eigenvalue weighted by Crippen LogP contribution is 2.34. The van der Waals surface area contributed by atoms with Gasteiger partial charge in [-0.1, -0.05) is 0 Å². The minimum Gasteiger partial charge on any atom is -0.394 e. The van der Waals surface area contributed by atoms with Gasteiger partial charge in [0.15, 0.2) is 12.6 Å². The summed E-state index contributed by atoms with van der Waals surface area (Å²) in [5.74, 6) is -2.46. The normalized spacial score (nSPS) is 50.9. The summed E-state index contributed by atoms with van der Waals surface area (Å²) in [6.45, 7) is -1.43. The maximum absolute atomic E-state index is 11.3. The Bertz CT molecular complexity index is 418. The molecule has 2 saturated heterocycles. The molecule has 2 heterocycles. The predicted molar refractivity (Wildman–Crippen MR) is 67.6 cm³/mol. The number of aldehydes is 1. The molecule has 0 saturated carbocycles. The first-order valence-electron chi connectivity index (χ1n) is 6.90. The lowest BCUT2D eigenvalue weighted by atomic mass is 9.99. The Labute approximate surface area is 130 Å². The summed E-state index contributed by atoms with van der Waals surface area (Å²) < 4.78 is 15.2. The SMILES string of the molecule is O=CC1(OC2OC(CO)C(O)C(O)C2O)OC(CO)C(O)C1O. The molecule has 134 valence electrons. The number of rotatable bonds is 5. The van der Waals surface area contributed by atoms with Gasteiger partial charge in [0.1, 0.15) is 42.7 Å². The smallest absolute Gasteiger partial charge is 0.258 e. The van der Waals surface area contributed by atoms with E-state index < -0.39 is 68.0 Å². The number of hydrogen-bond donors (Lipinski definition) is 7. The van der Waals surface area contributed by atoms with Crippen LogP contribution in [-0.4, -0.2) is 110 Å². The Morgan fingerprint density at radius 2 is 1.52 bits per heavy atom. The molecule has 0 aromatic rings. The zero-order valence-electron chi connectivity index (χ0n) is 11.9. The van der Waals surface area contributed by atoms with Crippen LogP contribution in [0, 0.1) is 0 Å². The summed E-state index contributed by atoms with van der Waals surface area (Å²) in [4.78, 5) is 11.3. The van der Waals surface area contributed by atoms with Crippen molar-refractivity contribution in [3.05, 3.63) is 0 Å². The van der Waals surface area contributed by atoms with Crippen LogP contribution in [0.25, 0.3) is 0 Å². The van der Waals surface area contributed by atoms with Crippen molar-refractivity contribution in [3.8, 4) is 0 Å². The molecule has 0 bridgehead atoms. The molecule has 0 spiro atoms. The summed E-state index contributed by atoms with van der Waals surface area (Å²) in [5, 5.41) is 66.9. The molecule has 0 aliphatic carbocycles. The van der Waals surface area contributed by atoms with E-state index in [0.29, 0.717) is 0 Å². The lowest BCUT2D eigenvalue weighted by molar-refractivity contribution is -0.362. The fourth-order valence-corrected chi connectivity index (χ4v) is 2.53. The van der Waals surface area contributed by atoms with Crippen LogP contribution in [0.2, 0.25) is 0 Å². The van der Waals surface area contributed by atoms with Gasteiger partial charge < -0.3 is 50.0 Å². The predicted octanol–water partition coefficient (Wildman–Crippen LogP) is -5.19. The van der Waals surface area contributed by atoms with Crippen molar-refractivity contribution in [2.45, 2.75) is 54.8 Å². The Kier molecular flexibility index (Phi) is 5.68. The van der Waals surface area contributed by atoms with Gasteiger partial charge in [-0.15, -0.1) is 0 Å². The first-order valence-corrected chi connectivity index (χ1v) is 6.90. The Morgan fingerprint density at radius 1 is 0.913 bits per heavy atom. The van der Waals surface area contributed by atoms with Crippen LogP contribution in [0.4, 0.5) is 0 Å². The zero-order chi connectivity index (χ0) is 17.4. The summed E-state index contributed by atoms with van der Waals surface area (Å²) in [6.07, 6.45) is -13.1.